The number of nitrogens with one attached hydrogen (secondary N) is 1. The Kier molecular flexibility index (Phi) is 5.02. The second-order valence-electron chi connectivity index (χ2n) is 6.39. The monoisotopic (exact) mass is 307 g/mol. The zero-order valence-electron chi connectivity index (χ0n) is 12.9. The second kappa shape index (κ2) is 6.97. The van der Waals surface area contributed by atoms with Gasteiger partial charge in [0.25, 0.3) is 0 Å². The third-order valence-electron chi connectivity index (χ3n) is 4.72. The van der Waals surface area contributed by atoms with E-state index in [1.54, 1.807) is 0 Å². The molecule has 1 unspecified atom stereocenters. The van der Waals surface area contributed by atoms with E-state index in [0.717, 1.165) is 23.9 Å². The average Bonchev–Trinajstić information content (AvgIpc) is 3.33. The van der Waals surface area contributed by atoms with Crippen LogP contribution in [0.25, 0.3) is 0 Å². The molecule has 3 nitrogen and oxygen atoms in total. The van der Waals surface area contributed by atoms with Crippen LogP contribution in [0.4, 0.5) is 5.82 Å². The molecule has 4 heteroatoms. The molecule has 3 rings (SSSR count). The molecule has 1 aliphatic carbocycles. The summed E-state index contributed by atoms with van der Waals surface area (Å²) >= 11 is 6.32. The molecule has 116 valence electrons. The molecule has 0 amide bonds. The summed E-state index contributed by atoms with van der Waals surface area (Å²) in [4.78, 5) is 7.12. The van der Waals surface area contributed by atoms with E-state index in [0.29, 0.717) is 12.1 Å². The highest BCUT2D eigenvalue weighted by Gasteiger charge is 2.23. The molecule has 1 saturated heterocycles. The summed E-state index contributed by atoms with van der Waals surface area (Å²) in [6.07, 6.45) is 10.9. The van der Waals surface area contributed by atoms with Gasteiger partial charge in [0, 0.05) is 31.4 Å². The normalized spacial score (nSPS) is 23.1. The van der Waals surface area contributed by atoms with Gasteiger partial charge in [0.2, 0.25) is 0 Å². The van der Waals surface area contributed by atoms with Crippen LogP contribution in [0, 0.1) is 0 Å². The van der Waals surface area contributed by atoms with E-state index in [2.05, 4.69) is 28.2 Å². The van der Waals surface area contributed by atoms with E-state index in [9.17, 15) is 0 Å². The molecule has 0 aromatic carbocycles. The molecule has 1 N–H and O–H groups in total. The van der Waals surface area contributed by atoms with E-state index in [-0.39, 0.29) is 0 Å². The lowest BCUT2D eigenvalue weighted by molar-refractivity contribution is 0.552. The van der Waals surface area contributed by atoms with Gasteiger partial charge in [-0.05, 0) is 43.7 Å². The zero-order chi connectivity index (χ0) is 14.7. The van der Waals surface area contributed by atoms with Crippen LogP contribution in [0.5, 0.6) is 0 Å². The number of halogens is 1. The van der Waals surface area contributed by atoms with Gasteiger partial charge in [-0.1, -0.05) is 31.4 Å². The smallest absolute Gasteiger partial charge is 0.129 e. The van der Waals surface area contributed by atoms with Gasteiger partial charge < -0.3 is 10.2 Å². The molecule has 1 saturated carbocycles. The summed E-state index contributed by atoms with van der Waals surface area (Å²) < 4.78 is 0. The first-order valence-electron chi connectivity index (χ1n) is 8.42. The van der Waals surface area contributed by atoms with Gasteiger partial charge in [-0.2, -0.15) is 0 Å². The second-order valence-corrected chi connectivity index (χ2v) is 6.80. The lowest BCUT2D eigenvalue weighted by Crippen LogP contribution is -2.35. The maximum absolute atomic E-state index is 6.32. The van der Waals surface area contributed by atoms with Gasteiger partial charge in [-0.3, -0.25) is 0 Å². The van der Waals surface area contributed by atoms with Crippen LogP contribution in [0.3, 0.4) is 0 Å². The number of rotatable bonds is 5. The van der Waals surface area contributed by atoms with Crippen LogP contribution in [0.15, 0.2) is 12.3 Å². The largest absolute Gasteiger partial charge is 0.354 e. The lowest BCUT2D eigenvalue weighted by Gasteiger charge is -2.30. The topological polar surface area (TPSA) is 28.2 Å². The Hall–Kier alpha value is -0.800. The molecule has 0 bridgehead atoms. The van der Waals surface area contributed by atoms with Crippen LogP contribution in [0.1, 0.15) is 57.4 Å². The number of aromatic nitrogens is 1. The van der Waals surface area contributed by atoms with Crippen molar-refractivity contribution in [3.8, 4) is 0 Å². The van der Waals surface area contributed by atoms with Crippen molar-refractivity contribution in [1.82, 2.24) is 10.3 Å². The van der Waals surface area contributed by atoms with Gasteiger partial charge in [-0.15, -0.1) is 0 Å². The highest BCUT2D eigenvalue weighted by Crippen LogP contribution is 2.28. The van der Waals surface area contributed by atoms with E-state index >= 15 is 0 Å². The van der Waals surface area contributed by atoms with Crippen molar-refractivity contribution in [2.75, 3.05) is 11.4 Å². The summed E-state index contributed by atoms with van der Waals surface area (Å²) in [6, 6.07) is 3.54. The minimum Gasteiger partial charge on any atom is -0.354 e. The number of pyridine rings is 1. The van der Waals surface area contributed by atoms with Crippen LogP contribution < -0.4 is 10.2 Å². The van der Waals surface area contributed by atoms with Gasteiger partial charge in [-0.25, -0.2) is 4.98 Å². The molecule has 1 aromatic heterocycles. The summed E-state index contributed by atoms with van der Waals surface area (Å²) in [5.74, 6) is 1.11. The third-order valence-corrected chi connectivity index (χ3v) is 5.06. The van der Waals surface area contributed by atoms with E-state index in [4.69, 9.17) is 11.6 Å². The predicted molar refractivity (Wildman–Crippen MR) is 89.0 cm³/mol. The van der Waals surface area contributed by atoms with E-state index in [1.165, 1.54) is 50.5 Å². The Morgan fingerprint density at radius 3 is 2.90 bits per heavy atom. The predicted octanol–water partition coefficient (Wildman–Crippen LogP) is 4.15. The standard InChI is InChI=1S/C17H26ClN3/c1-2-15-6-4-3-5-9-21(15)17-10-13(16(18)12-20-17)11-19-14-7-8-14/h10,12,14-15,19H,2-9,11H2,1H3. The molecule has 0 spiro atoms. The first kappa shape index (κ1) is 15.1. The van der Waals surface area contributed by atoms with E-state index in [1.807, 2.05) is 6.20 Å². The fraction of sp³-hybridized carbons (Fsp3) is 0.706. The molecule has 2 aliphatic rings. The average molecular weight is 308 g/mol. The molecule has 1 aliphatic heterocycles. The highest BCUT2D eigenvalue weighted by atomic mass is 35.5. The van der Waals surface area contributed by atoms with Crippen molar-refractivity contribution in [1.29, 1.82) is 0 Å². The quantitative estimate of drug-likeness (QED) is 0.886. The van der Waals surface area contributed by atoms with Crippen molar-refractivity contribution >= 4 is 17.4 Å². The van der Waals surface area contributed by atoms with Gasteiger partial charge in [0.1, 0.15) is 5.82 Å². The molecule has 0 radical (unpaired) electrons. The van der Waals surface area contributed by atoms with Crippen molar-refractivity contribution < 1.29 is 0 Å². The summed E-state index contributed by atoms with van der Waals surface area (Å²) in [7, 11) is 0. The summed E-state index contributed by atoms with van der Waals surface area (Å²) in [5.41, 5.74) is 1.19. The number of anilines is 1. The molecule has 21 heavy (non-hydrogen) atoms. The fourth-order valence-corrected chi connectivity index (χ4v) is 3.38. The van der Waals surface area contributed by atoms with E-state index < -0.39 is 0 Å². The molecular weight excluding hydrogens is 282 g/mol. The molecule has 1 atom stereocenters. The Labute approximate surface area is 133 Å². The SMILES string of the molecule is CCC1CCCCCN1c1cc(CNC2CC2)c(Cl)cn1. The lowest BCUT2D eigenvalue weighted by atomic mass is 10.1. The third kappa shape index (κ3) is 3.89. The van der Waals surface area contributed by atoms with Crippen molar-refractivity contribution in [3.05, 3.63) is 22.8 Å². The maximum atomic E-state index is 6.32. The van der Waals surface area contributed by atoms with Crippen molar-refractivity contribution in [2.24, 2.45) is 0 Å². The molecule has 2 heterocycles. The minimum absolute atomic E-state index is 0.630. The Morgan fingerprint density at radius 2 is 2.14 bits per heavy atom. The van der Waals surface area contributed by atoms with Crippen LogP contribution in [-0.4, -0.2) is 23.6 Å². The van der Waals surface area contributed by atoms with Gasteiger partial charge in [0.05, 0.1) is 5.02 Å². The van der Waals surface area contributed by atoms with Crippen molar-refractivity contribution in [2.45, 2.75) is 70.5 Å². The Balaban J connectivity index is 1.77. The Bertz CT molecular complexity index is 473. The molecular formula is C17H26ClN3. The number of hydrogen-bond donors (Lipinski definition) is 1. The van der Waals surface area contributed by atoms with Gasteiger partial charge in [0.15, 0.2) is 0 Å². The highest BCUT2D eigenvalue weighted by molar-refractivity contribution is 6.31. The number of nitrogens with zero attached hydrogens (tertiary/aromatic N) is 2. The van der Waals surface area contributed by atoms with Crippen LogP contribution >= 0.6 is 11.6 Å². The molecule has 2 fully saturated rings. The van der Waals surface area contributed by atoms with Crippen LogP contribution in [-0.2, 0) is 6.54 Å². The number of hydrogen-bond acceptors (Lipinski definition) is 3. The fourth-order valence-electron chi connectivity index (χ4n) is 3.21. The first-order valence-corrected chi connectivity index (χ1v) is 8.80. The van der Waals surface area contributed by atoms with Crippen LogP contribution in [0.2, 0.25) is 5.02 Å². The minimum atomic E-state index is 0.630. The van der Waals surface area contributed by atoms with Gasteiger partial charge >= 0.3 is 0 Å². The maximum Gasteiger partial charge on any atom is 0.129 e. The summed E-state index contributed by atoms with van der Waals surface area (Å²) in [5, 5.41) is 4.34. The summed E-state index contributed by atoms with van der Waals surface area (Å²) in [6.45, 7) is 4.28. The van der Waals surface area contributed by atoms with Crippen molar-refractivity contribution in [3.63, 3.8) is 0 Å². The zero-order valence-corrected chi connectivity index (χ0v) is 13.7. The Morgan fingerprint density at radius 1 is 1.29 bits per heavy atom. The molecule has 1 aromatic rings. The first-order chi connectivity index (χ1) is 10.3.